The summed E-state index contributed by atoms with van der Waals surface area (Å²) >= 11 is 0. The Bertz CT molecular complexity index is 2580. The molecular formula is C58H57N. The van der Waals surface area contributed by atoms with E-state index in [1.807, 2.05) is 0 Å². The van der Waals surface area contributed by atoms with Gasteiger partial charge in [0, 0.05) is 22.5 Å². The lowest BCUT2D eigenvalue weighted by atomic mass is 9.82. The number of nitrogens with zero attached hydrogens (tertiary/aromatic N) is 1. The van der Waals surface area contributed by atoms with Crippen LogP contribution in [0.25, 0.3) is 44.5 Å². The van der Waals surface area contributed by atoms with E-state index in [1.54, 1.807) is 0 Å². The zero-order valence-corrected chi connectivity index (χ0v) is 35.2. The van der Waals surface area contributed by atoms with E-state index in [4.69, 9.17) is 0 Å². The molecule has 7 aromatic carbocycles. The summed E-state index contributed by atoms with van der Waals surface area (Å²) in [5, 5.41) is 0. The van der Waals surface area contributed by atoms with Gasteiger partial charge in [-0.1, -0.05) is 168 Å². The molecule has 0 spiro atoms. The van der Waals surface area contributed by atoms with Gasteiger partial charge in [0.2, 0.25) is 0 Å². The lowest BCUT2D eigenvalue weighted by molar-refractivity contribution is 0.443. The Hall–Kier alpha value is -5.66. The first-order chi connectivity index (χ1) is 28.9. The first kappa shape index (κ1) is 37.6. The minimum Gasteiger partial charge on any atom is -0.310 e. The molecule has 0 heterocycles. The van der Waals surface area contributed by atoms with Gasteiger partial charge < -0.3 is 4.90 Å². The standard InChI is InChI=1S/C58H57N/c1-40-37-51(33-35-53(40)49-18-12-17-48(38-49)47-27-25-44(26-28-47)42-15-8-5-9-16-42)59(52-34-36-55-54-19-10-11-20-56(54)58(2,3)57(55)39-52)50-31-29-46(30-32-50)45-23-21-43(22-24-45)41-13-6-4-7-14-41/h10-12,17-39,41-42H,4-9,13-16H2,1-3H3. The summed E-state index contributed by atoms with van der Waals surface area (Å²) in [4.78, 5) is 2.45. The van der Waals surface area contributed by atoms with Gasteiger partial charge in [-0.3, -0.25) is 0 Å². The molecule has 3 aliphatic carbocycles. The first-order valence-electron chi connectivity index (χ1n) is 22.5. The van der Waals surface area contributed by atoms with Gasteiger partial charge in [-0.25, -0.2) is 0 Å². The topological polar surface area (TPSA) is 3.24 Å². The van der Waals surface area contributed by atoms with Crippen LogP contribution in [-0.4, -0.2) is 0 Å². The summed E-state index contributed by atoms with van der Waals surface area (Å²) in [5.74, 6) is 1.45. The molecule has 0 amide bonds. The third kappa shape index (κ3) is 7.24. The predicted molar refractivity (Wildman–Crippen MR) is 251 cm³/mol. The highest BCUT2D eigenvalue weighted by molar-refractivity contribution is 5.87. The molecule has 0 aromatic heterocycles. The second-order valence-electron chi connectivity index (χ2n) is 18.3. The van der Waals surface area contributed by atoms with Crippen molar-refractivity contribution >= 4 is 17.1 Å². The molecule has 0 N–H and O–H groups in total. The Kier molecular flexibility index (Phi) is 10.1. The van der Waals surface area contributed by atoms with Gasteiger partial charge >= 0.3 is 0 Å². The predicted octanol–water partition coefficient (Wildman–Crippen LogP) is 16.9. The van der Waals surface area contributed by atoms with Crippen molar-refractivity contribution in [1.82, 2.24) is 0 Å². The monoisotopic (exact) mass is 767 g/mol. The van der Waals surface area contributed by atoms with Gasteiger partial charge in [-0.15, -0.1) is 0 Å². The van der Waals surface area contributed by atoms with E-state index in [9.17, 15) is 0 Å². The molecule has 2 saturated carbocycles. The number of anilines is 3. The highest BCUT2D eigenvalue weighted by atomic mass is 15.1. The van der Waals surface area contributed by atoms with Crippen molar-refractivity contribution in [3.05, 3.63) is 186 Å². The second-order valence-corrected chi connectivity index (χ2v) is 18.3. The van der Waals surface area contributed by atoms with Crippen molar-refractivity contribution in [2.75, 3.05) is 4.90 Å². The van der Waals surface area contributed by atoms with E-state index in [0.29, 0.717) is 0 Å². The minimum absolute atomic E-state index is 0.0811. The molecule has 0 atom stereocenters. The van der Waals surface area contributed by atoms with Crippen molar-refractivity contribution in [3.63, 3.8) is 0 Å². The summed E-state index contributed by atoms with van der Waals surface area (Å²) < 4.78 is 0. The molecule has 0 radical (unpaired) electrons. The van der Waals surface area contributed by atoms with E-state index >= 15 is 0 Å². The number of hydrogen-bond donors (Lipinski definition) is 0. The highest BCUT2D eigenvalue weighted by Gasteiger charge is 2.35. The quantitative estimate of drug-likeness (QED) is 0.149. The Balaban J connectivity index is 0.986. The van der Waals surface area contributed by atoms with E-state index in [2.05, 4.69) is 183 Å². The Labute approximate surface area is 352 Å². The summed E-state index contributed by atoms with van der Waals surface area (Å²) in [6.45, 7) is 7.02. The van der Waals surface area contributed by atoms with Gasteiger partial charge in [0.25, 0.3) is 0 Å². The van der Waals surface area contributed by atoms with Crippen LogP contribution in [0.3, 0.4) is 0 Å². The number of rotatable bonds is 8. The third-order valence-electron chi connectivity index (χ3n) is 14.2. The summed E-state index contributed by atoms with van der Waals surface area (Å²) in [6.07, 6.45) is 13.6. The van der Waals surface area contributed by atoms with Crippen molar-refractivity contribution in [2.45, 2.75) is 102 Å². The van der Waals surface area contributed by atoms with Crippen LogP contribution < -0.4 is 4.90 Å². The number of aryl methyl sites for hydroxylation is 1. The summed E-state index contributed by atoms with van der Waals surface area (Å²) in [5.41, 5.74) is 20.8. The molecule has 0 unspecified atom stereocenters. The maximum Gasteiger partial charge on any atom is 0.0465 e. The molecule has 0 saturated heterocycles. The lowest BCUT2D eigenvalue weighted by Crippen LogP contribution is -2.16. The SMILES string of the molecule is Cc1cc(N(c2ccc(-c3ccc(C4CCCCC4)cc3)cc2)c2ccc3c(c2)C(C)(C)c2ccccc2-3)ccc1-c1cccc(-c2ccc(C3CCCCC3)cc2)c1. The molecule has 1 heteroatoms. The van der Waals surface area contributed by atoms with Gasteiger partial charge in [0.1, 0.15) is 0 Å². The van der Waals surface area contributed by atoms with Gasteiger partial charge in [0.05, 0.1) is 0 Å². The fourth-order valence-electron chi connectivity index (χ4n) is 10.8. The van der Waals surface area contributed by atoms with Crippen molar-refractivity contribution in [3.8, 4) is 44.5 Å². The molecule has 7 aromatic rings. The molecule has 59 heavy (non-hydrogen) atoms. The average molecular weight is 768 g/mol. The maximum atomic E-state index is 2.45. The Morgan fingerprint density at radius 1 is 0.390 bits per heavy atom. The van der Waals surface area contributed by atoms with Crippen LogP contribution in [0, 0.1) is 6.92 Å². The Morgan fingerprint density at radius 2 is 0.881 bits per heavy atom. The van der Waals surface area contributed by atoms with Crippen LogP contribution in [0.2, 0.25) is 0 Å². The summed E-state index contributed by atoms with van der Waals surface area (Å²) in [6, 6.07) is 60.3. The fourth-order valence-corrected chi connectivity index (χ4v) is 10.8. The number of benzene rings is 7. The van der Waals surface area contributed by atoms with Crippen LogP contribution in [0.15, 0.2) is 158 Å². The molecular weight excluding hydrogens is 711 g/mol. The van der Waals surface area contributed by atoms with Crippen molar-refractivity contribution in [2.24, 2.45) is 0 Å². The fraction of sp³-hybridized carbons (Fsp3) is 0.276. The van der Waals surface area contributed by atoms with Gasteiger partial charge in [0.15, 0.2) is 0 Å². The van der Waals surface area contributed by atoms with Crippen LogP contribution in [0.1, 0.15) is 118 Å². The van der Waals surface area contributed by atoms with Crippen LogP contribution in [-0.2, 0) is 5.41 Å². The van der Waals surface area contributed by atoms with Crippen molar-refractivity contribution < 1.29 is 0 Å². The number of hydrogen-bond acceptors (Lipinski definition) is 1. The molecule has 0 aliphatic heterocycles. The van der Waals surface area contributed by atoms with E-state index in [0.717, 1.165) is 17.5 Å². The average Bonchev–Trinajstić information content (AvgIpc) is 3.53. The molecule has 3 aliphatic rings. The normalized spacial score (nSPS) is 16.4. The second kappa shape index (κ2) is 15.8. The minimum atomic E-state index is -0.0811. The molecule has 10 rings (SSSR count). The largest absolute Gasteiger partial charge is 0.310 e. The smallest absolute Gasteiger partial charge is 0.0465 e. The first-order valence-corrected chi connectivity index (χ1v) is 22.5. The van der Waals surface area contributed by atoms with Crippen LogP contribution in [0.5, 0.6) is 0 Å². The summed E-state index contributed by atoms with van der Waals surface area (Å²) in [7, 11) is 0. The van der Waals surface area contributed by atoms with E-state index in [1.165, 1.54) is 148 Å². The lowest BCUT2D eigenvalue weighted by Gasteiger charge is -2.29. The third-order valence-corrected chi connectivity index (χ3v) is 14.2. The van der Waals surface area contributed by atoms with Gasteiger partial charge in [-0.2, -0.15) is 0 Å². The Morgan fingerprint density at radius 3 is 1.49 bits per heavy atom. The molecule has 0 bridgehead atoms. The zero-order valence-electron chi connectivity index (χ0n) is 35.2. The molecule has 2 fully saturated rings. The molecule has 294 valence electrons. The number of fused-ring (bicyclic) bond motifs is 3. The zero-order chi connectivity index (χ0) is 39.9. The molecule has 1 nitrogen and oxygen atoms in total. The highest BCUT2D eigenvalue weighted by Crippen LogP contribution is 2.51. The van der Waals surface area contributed by atoms with E-state index in [-0.39, 0.29) is 5.41 Å². The van der Waals surface area contributed by atoms with Crippen LogP contribution in [0.4, 0.5) is 17.1 Å². The van der Waals surface area contributed by atoms with E-state index < -0.39 is 0 Å². The van der Waals surface area contributed by atoms with Crippen LogP contribution >= 0.6 is 0 Å². The van der Waals surface area contributed by atoms with Crippen molar-refractivity contribution in [1.29, 1.82) is 0 Å². The maximum absolute atomic E-state index is 2.45. The van der Waals surface area contributed by atoms with Gasteiger partial charge in [-0.05, 0) is 159 Å².